The zero-order valence-electron chi connectivity index (χ0n) is 25.0. The predicted octanol–water partition coefficient (Wildman–Crippen LogP) is 6.28. The van der Waals surface area contributed by atoms with E-state index in [1.165, 1.54) is 0 Å². The van der Waals surface area contributed by atoms with Crippen molar-refractivity contribution in [2.24, 2.45) is 0 Å². The third-order valence-corrected chi connectivity index (χ3v) is 8.09. The number of hydrogen-bond donors (Lipinski definition) is 0. The molecule has 0 amide bonds. The molecule has 2 aliphatic heterocycles. The standard InChI is InChI=1S/C33H39BO7/c1-32(2)33(3,4)41-34(40-32)28-14-13-25(35-5)20-23(28)11-9-22-10-15-29(36-6)26(19-22)27-21-24(12-16-30(27)37-7)31-38-17-8-18-39-31/h9-16,19-21,31H,8,17-18H2,1-7H3/b11-9+. The summed E-state index contributed by atoms with van der Waals surface area (Å²) in [5, 5.41) is 0. The highest BCUT2D eigenvalue weighted by Gasteiger charge is 2.52. The second-order valence-corrected chi connectivity index (χ2v) is 11.3. The molecule has 3 aromatic rings. The number of ether oxygens (including phenoxy) is 5. The Kier molecular flexibility index (Phi) is 8.48. The Morgan fingerprint density at radius 1 is 0.732 bits per heavy atom. The van der Waals surface area contributed by atoms with Crippen molar-refractivity contribution in [2.45, 2.75) is 51.6 Å². The number of benzene rings is 3. The van der Waals surface area contributed by atoms with E-state index in [0.717, 1.165) is 56.9 Å². The summed E-state index contributed by atoms with van der Waals surface area (Å²) >= 11 is 0. The molecular formula is C33H39BO7. The highest BCUT2D eigenvalue weighted by atomic mass is 16.7. The molecule has 2 saturated heterocycles. The third-order valence-electron chi connectivity index (χ3n) is 8.09. The van der Waals surface area contributed by atoms with E-state index in [9.17, 15) is 0 Å². The SMILES string of the molecule is COc1ccc(B2OC(C)(C)C(C)(C)O2)c(/C=C/c2ccc(OC)c(-c3cc(C4OCCCO4)ccc3OC)c2)c1. The molecule has 0 aliphatic carbocycles. The maximum absolute atomic E-state index is 6.36. The van der Waals surface area contributed by atoms with Crippen LogP contribution in [-0.4, -0.2) is 52.9 Å². The van der Waals surface area contributed by atoms with Gasteiger partial charge in [-0.2, -0.15) is 0 Å². The summed E-state index contributed by atoms with van der Waals surface area (Å²) in [4.78, 5) is 0. The average molecular weight is 558 g/mol. The lowest BCUT2D eigenvalue weighted by molar-refractivity contribution is -0.183. The Bertz CT molecular complexity index is 1390. The molecular weight excluding hydrogens is 519 g/mol. The van der Waals surface area contributed by atoms with E-state index < -0.39 is 24.6 Å². The van der Waals surface area contributed by atoms with Gasteiger partial charge in [-0.05, 0) is 87.1 Å². The molecule has 2 aliphatic rings. The quantitative estimate of drug-likeness (QED) is 0.238. The molecule has 0 unspecified atom stereocenters. The first-order valence-electron chi connectivity index (χ1n) is 14.0. The molecule has 0 radical (unpaired) electrons. The molecule has 0 bridgehead atoms. The van der Waals surface area contributed by atoms with Crippen LogP contribution in [0.25, 0.3) is 23.3 Å². The molecule has 2 fully saturated rings. The first kappa shape index (κ1) is 29.2. The van der Waals surface area contributed by atoms with Crippen LogP contribution in [0, 0.1) is 0 Å². The van der Waals surface area contributed by atoms with E-state index >= 15 is 0 Å². The smallest absolute Gasteiger partial charge is 0.495 e. The third kappa shape index (κ3) is 6.02. The number of methoxy groups -OCH3 is 3. The van der Waals surface area contributed by atoms with Crippen LogP contribution < -0.4 is 19.7 Å². The van der Waals surface area contributed by atoms with E-state index in [1.54, 1.807) is 21.3 Å². The minimum absolute atomic E-state index is 0.399. The van der Waals surface area contributed by atoms with Gasteiger partial charge >= 0.3 is 7.12 Å². The van der Waals surface area contributed by atoms with Gasteiger partial charge < -0.3 is 33.0 Å². The summed E-state index contributed by atoms with van der Waals surface area (Å²) in [6, 6.07) is 18.0. The minimum atomic E-state index is -0.492. The molecule has 5 rings (SSSR count). The minimum Gasteiger partial charge on any atom is -0.497 e. The number of hydrogen-bond acceptors (Lipinski definition) is 7. The molecule has 8 heteroatoms. The van der Waals surface area contributed by atoms with Crippen LogP contribution >= 0.6 is 0 Å². The summed E-state index contributed by atoms with van der Waals surface area (Å²) in [5.74, 6) is 2.23. The van der Waals surface area contributed by atoms with Gasteiger partial charge in [0.15, 0.2) is 6.29 Å². The van der Waals surface area contributed by atoms with Crippen molar-refractivity contribution in [1.82, 2.24) is 0 Å². The van der Waals surface area contributed by atoms with Gasteiger partial charge in [0.1, 0.15) is 17.2 Å². The average Bonchev–Trinajstić information content (AvgIpc) is 3.21. The summed E-state index contributed by atoms with van der Waals surface area (Å²) in [7, 11) is 4.51. The van der Waals surface area contributed by atoms with Gasteiger partial charge in [0.25, 0.3) is 0 Å². The summed E-state index contributed by atoms with van der Waals surface area (Å²) < 4.78 is 41.5. The van der Waals surface area contributed by atoms with E-state index in [2.05, 4.69) is 52.0 Å². The highest BCUT2D eigenvalue weighted by Crippen LogP contribution is 2.40. The molecule has 2 heterocycles. The Balaban J connectivity index is 1.51. The van der Waals surface area contributed by atoms with Crippen molar-refractivity contribution in [2.75, 3.05) is 34.5 Å². The van der Waals surface area contributed by atoms with Crippen molar-refractivity contribution in [3.63, 3.8) is 0 Å². The second-order valence-electron chi connectivity index (χ2n) is 11.3. The van der Waals surface area contributed by atoms with Crippen molar-refractivity contribution < 1.29 is 33.0 Å². The van der Waals surface area contributed by atoms with Gasteiger partial charge in [0, 0.05) is 16.7 Å². The van der Waals surface area contributed by atoms with Crippen LogP contribution in [-0.2, 0) is 18.8 Å². The maximum Gasteiger partial charge on any atom is 0.495 e. The van der Waals surface area contributed by atoms with Crippen molar-refractivity contribution in [3.8, 4) is 28.4 Å². The van der Waals surface area contributed by atoms with Crippen molar-refractivity contribution in [1.29, 1.82) is 0 Å². The molecule has 216 valence electrons. The number of rotatable bonds is 8. The molecule has 41 heavy (non-hydrogen) atoms. The van der Waals surface area contributed by atoms with Crippen LogP contribution in [0.15, 0.2) is 54.6 Å². The molecule has 7 nitrogen and oxygen atoms in total. The topological polar surface area (TPSA) is 64.6 Å². The highest BCUT2D eigenvalue weighted by molar-refractivity contribution is 6.63. The van der Waals surface area contributed by atoms with Gasteiger partial charge in [-0.25, -0.2) is 0 Å². The Morgan fingerprint density at radius 2 is 1.37 bits per heavy atom. The van der Waals surface area contributed by atoms with Crippen LogP contribution in [0.2, 0.25) is 0 Å². The monoisotopic (exact) mass is 558 g/mol. The Hall–Kier alpha value is -3.30. The van der Waals surface area contributed by atoms with Gasteiger partial charge in [-0.1, -0.05) is 30.4 Å². The van der Waals surface area contributed by atoms with E-state index in [4.69, 9.17) is 33.0 Å². The van der Waals surface area contributed by atoms with Gasteiger partial charge in [0.2, 0.25) is 0 Å². The molecule has 0 saturated carbocycles. The van der Waals surface area contributed by atoms with Crippen LogP contribution in [0.3, 0.4) is 0 Å². The van der Waals surface area contributed by atoms with Crippen LogP contribution in [0.5, 0.6) is 17.2 Å². The lowest BCUT2D eigenvalue weighted by Crippen LogP contribution is -2.41. The lowest BCUT2D eigenvalue weighted by atomic mass is 9.75. The van der Waals surface area contributed by atoms with E-state index in [-0.39, 0.29) is 0 Å². The maximum atomic E-state index is 6.36. The van der Waals surface area contributed by atoms with Crippen molar-refractivity contribution in [3.05, 3.63) is 71.3 Å². The normalized spacial score (nSPS) is 18.6. The fraction of sp³-hybridized carbons (Fsp3) is 0.394. The summed E-state index contributed by atoms with van der Waals surface area (Å²) in [5.41, 5.74) is 4.74. The largest absolute Gasteiger partial charge is 0.497 e. The zero-order chi connectivity index (χ0) is 29.2. The first-order valence-corrected chi connectivity index (χ1v) is 14.0. The van der Waals surface area contributed by atoms with E-state index in [1.807, 2.05) is 42.5 Å². The molecule has 0 aromatic heterocycles. The lowest BCUT2D eigenvalue weighted by Gasteiger charge is -2.32. The first-order chi connectivity index (χ1) is 19.7. The molecule has 0 spiro atoms. The Morgan fingerprint density at radius 3 is 2.00 bits per heavy atom. The van der Waals surface area contributed by atoms with Gasteiger partial charge in [-0.3, -0.25) is 0 Å². The fourth-order valence-corrected chi connectivity index (χ4v) is 5.00. The van der Waals surface area contributed by atoms with Crippen molar-refractivity contribution >= 4 is 24.7 Å². The molecule has 3 aromatic carbocycles. The van der Waals surface area contributed by atoms with Crippen LogP contribution in [0.1, 0.15) is 57.1 Å². The fourth-order valence-electron chi connectivity index (χ4n) is 5.00. The Labute approximate surface area is 243 Å². The van der Waals surface area contributed by atoms with Gasteiger partial charge in [-0.15, -0.1) is 0 Å². The molecule has 0 N–H and O–H groups in total. The molecule has 0 atom stereocenters. The van der Waals surface area contributed by atoms with Gasteiger partial charge in [0.05, 0.1) is 45.7 Å². The van der Waals surface area contributed by atoms with E-state index in [0.29, 0.717) is 13.2 Å². The second kappa shape index (κ2) is 11.9. The summed E-state index contributed by atoms with van der Waals surface area (Å²) in [6.07, 6.45) is 4.62. The predicted molar refractivity (Wildman–Crippen MR) is 162 cm³/mol. The summed E-state index contributed by atoms with van der Waals surface area (Å²) in [6.45, 7) is 9.57. The van der Waals surface area contributed by atoms with Crippen LogP contribution in [0.4, 0.5) is 0 Å². The zero-order valence-corrected chi connectivity index (χ0v) is 25.0.